The van der Waals surface area contributed by atoms with Gasteiger partial charge in [-0.25, -0.2) is 4.98 Å². The van der Waals surface area contributed by atoms with E-state index in [-0.39, 0.29) is 0 Å². The molecule has 3 nitrogen and oxygen atoms in total. The molecule has 1 saturated heterocycles. The molecule has 18 heavy (non-hydrogen) atoms. The average molecular weight is 263 g/mol. The standard InChI is InChI=1S/C14H21N3S/c1-4-11-6-5-10(3)17(11)14-12(13(15)18)9(2)7-8-16-14/h7-8,10-11H,4-6H2,1-3H3,(H2,15,18). The summed E-state index contributed by atoms with van der Waals surface area (Å²) in [6.45, 7) is 6.52. The molecule has 0 aliphatic carbocycles. The first kappa shape index (κ1) is 13.3. The van der Waals surface area contributed by atoms with Crippen molar-refractivity contribution in [2.75, 3.05) is 4.90 Å². The van der Waals surface area contributed by atoms with E-state index in [1.54, 1.807) is 0 Å². The second kappa shape index (κ2) is 5.22. The normalized spacial score (nSPS) is 23.4. The summed E-state index contributed by atoms with van der Waals surface area (Å²) in [6.07, 6.45) is 5.43. The second-order valence-electron chi connectivity index (χ2n) is 5.09. The molecule has 1 aliphatic heterocycles. The molecule has 2 atom stereocenters. The SMILES string of the molecule is CCC1CCC(C)N1c1nccc(C)c1C(N)=S. The third-order valence-electron chi connectivity index (χ3n) is 3.89. The summed E-state index contributed by atoms with van der Waals surface area (Å²) in [6, 6.07) is 3.04. The Kier molecular flexibility index (Phi) is 3.85. The van der Waals surface area contributed by atoms with Gasteiger partial charge in [0, 0.05) is 18.3 Å². The highest BCUT2D eigenvalue weighted by Crippen LogP contribution is 2.33. The molecule has 4 heteroatoms. The summed E-state index contributed by atoms with van der Waals surface area (Å²) in [5.74, 6) is 0.972. The van der Waals surface area contributed by atoms with Crippen LogP contribution in [0.15, 0.2) is 12.3 Å². The molecule has 2 rings (SSSR count). The van der Waals surface area contributed by atoms with E-state index in [1.165, 1.54) is 12.8 Å². The van der Waals surface area contributed by atoms with Crippen LogP contribution in [0.1, 0.15) is 44.2 Å². The van der Waals surface area contributed by atoms with E-state index in [0.29, 0.717) is 17.1 Å². The molecule has 0 radical (unpaired) electrons. The summed E-state index contributed by atoms with van der Waals surface area (Å²) >= 11 is 5.20. The number of anilines is 1. The van der Waals surface area contributed by atoms with Crippen LogP contribution in [0.4, 0.5) is 5.82 Å². The molecule has 0 saturated carbocycles. The Morgan fingerprint density at radius 3 is 2.89 bits per heavy atom. The van der Waals surface area contributed by atoms with E-state index in [4.69, 9.17) is 18.0 Å². The largest absolute Gasteiger partial charge is 0.389 e. The molecule has 2 unspecified atom stereocenters. The molecular formula is C14H21N3S. The first-order valence-corrected chi connectivity index (χ1v) is 7.00. The van der Waals surface area contributed by atoms with Crippen molar-refractivity contribution in [1.29, 1.82) is 0 Å². The zero-order valence-electron chi connectivity index (χ0n) is 11.3. The van der Waals surface area contributed by atoms with Gasteiger partial charge >= 0.3 is 0 Å². The van der Waals surface area contributed by atoms with Gasteiger partial charge in [0.25, 0.3) is 0 Å². The van der Waals surface area contributed by atoms with E-state index in [9.17, 15) is 0 Å². The van der Waals surface area contributed by atoms with E-state index in [1.807, 2.05) is 19.2 Å². The van der Waals surface area contributed by atoms with Crippen LogP contribution in [0.2, 0.25) is 0 Å². The minimum Gasteiger partial charge on any atom is -0.389 e. The van der Waals surface area contributed by atoms with Crippen molar-refractivity contribution < 1.29 is 0 Å². The number of aromatic nitrogens is 1. The Hall–Kier alpha value is -1.16. The number of hydrogen-bond donors (Lipinski definition) is 1. The number of nitrogens with two attached hydrogens (primary N) is 1. The van der Waals surface area contributed by atoms with Gasteiger partial charge in [-0.15, -0.1) is 0 Å². The fourth-order valence-corrected chi connectivity index (χ4v) is 3.15. The molecule has 0 spiro atoms. The van der Waals surface area contributed by atoms with Gasteiger partial charge in [0.1, 0.15) is 10.8 Å². The molecule has 1 aromatic heterocycles. The molecule has 0 amide bonds. The smallest absolute Gasteiger partial charge is 0.139 e. The number of aryl methyl sites for hydroxylation is 1. The van der Waals surface area contributed by atoms with Crippen molar-refractivity contribution in [1.82, 2.24) is 4.98 Å². The maximum Gasteiger partial charge on any atom is 0.139 e. The molecule has 2 heterocycles. The lowest BCUT2D eigenvalue weighted by Crippen LogP contribution is -2.36. The molecule has 0 aromatic carbocycles. The second-order valence-corrected chi connectivity index (χ2v) is 5.53. The quantitative estimate of drug-likeness (QED) is 0.852. The number of pyridine rings is 1. The van der Waals surface area contributed by atoms with Crippen molar-refractivity contribution in [2.24, 2.45) is 5.73 Å². The number of nitrogens with zero attached hydrogens (tertiary/aromatic N) is 2. The summed E-state index contributed by atoms with van der Waals surface area (Å²) < 4.78 is 0. The molecule has 1 aromatic rings. The number of hydrogen-bond acceptors (Lipinski definition) is 3. The lowest BCUT2D eigenvalue weighted by molar-refractivity contribution is 0.620. The van der Waals surface area contributed by atoms with Gasteiger partial charge in [-0.1, -0.05) is 19.1 Å². The molecule has 1 aliphatic rings. The van der Waals surface area contributed by atoms with Crippen molar-refractivity contribution in [3.8, 4) is 0 Å². The molecular weight excluding hydrogens is 242 g/mol. The van der Waals surface area contributed by atoms with Crippen LogP contribution < -0.4 is 10.6 Å². The van der Waals surface area contributed by atoms with Crippen LogP contribution in [0.3, 0.4) is 0 Å². The maximum atomic E-state index is 5.88. The Labute approximate surface area is 114 Å². The summed E-state index contributed by atoms with van der Waals surface area (Å²) in [4.78, 5) is 7.40. The highest BCUT2D eigenvalue weighted by molar-refractivity contribution is 7.80. The first-order valence-electron chi connectivity index (χ1n) is 6.60. The molecule has 2 N–H and O–H groups in total. The van der Waals surface area contributed by atoms with Crippen molar-refractivity contribution >= 4 is 23.0 Å². The summed E-state index contributed by atoms with van der Waals surface area (Å²) in [7, 11) is 0. The minimum absolute atomic E-state index is 0.449. The highest BCUT2D eigenvalue weighted by Gasteiger charge is 2.32. The monoisotopic (exact) mass is 263 g/mol. The van der Waals surface area contributed by atoms with Crippen LogP contribution in [0, 0.1) is 6.92 Å². The average Bonchev–Trinajstić information content (AvgIpc) is 2.69. The minimum atomic E-state index is 0.449. The van der Waals surface area contributed by atoms with E-state index in [0.717, 1.165) is 23.4 Å². The van der Waals surface area contributed by atoms with Gasteiger partial charge in [-0.2, -0.15) is 0 Å². The van der Waals surface area contributed by atoms with Crippen LogP contribution in [-0.2, 0) is 0 Å². The Balaban J connectivity index is 2.50. The van der Waals surface area contributed by atoms with Gasteiger partial charge < -0.3 is 10.6 Å². The van der Waals surface area contributed by atoms with Crippen LogP contribution >= 0.6 is 12.2 Å². The zero-order valence-corrected chi connectivity index (χ0v) is 12.1. The Morgan fingerprint density at radius 1 is 1.56 bits per heavy atom. The van der Waals surface area contributed by atoms with Crippen LogP contribution in [0.5, 0.6) is 0 Å². The van der Waals surface area contributed by atoms with Crippen molar-refractivity contribution in [3.05, 3.63) is 23.4 Å². The summed E-state index contributed by atoms with van der Waals surface area (Å²) in [5, 5.41) is 0. The lowest BCUT2D eigenvalue weighted by Gasteiger charge is -2.31. The van der Waals surface area contributed by atoms with E-state index < -0.39 is 0 Å². The highest BCUT2D eigenvalue weighted by atomic mass is 32.1. The first-order chi connectivity index (χ1) is 8.56. The van der Waals surface area contributed by atoms with Crippen molar-refractivity contribution in [2.45, 2.75) is 52.1 Å². The summed E-state index contributed by atoms with van der Waals surface area (Å²) in [5.41, 5.74) is 7.94. The van der Waals surface area contributed by atoms with E-state index in [2.05, 4.69) is 23.7 Å². The number of thiocarbonyl (C=S) groups is 1. The predicted molar refractivity (Wildman–Crippen MR) is 80.1 cm³/mol. The fourth-order valence-electron chi connectivity index (χ4n) is 2.90. The van der Waals surface area contributed by atoms with Gasteiger partial charge in [0.05, 0.1) is 5.56 Å². The third-order valence-corrected chi connectivity index (χ3v) is 4.09. The molecule has 98 valence electrons. The lowest BCUT2D eigenvalue weighted by atomic mass is 10.1. The maximum absolute atomic E-state index is 5.88. The topological polar surface area (TPSA) is 42.2 Å². The molecule has 0 bridgehead atoms. The molecule has 1 fully saturated rings. The third kappa shape index (κ3) is 2.21. The zero-order chi connectivity index (χ0) is 13.3. The fraction of sp³-hybridized carbons (Fsp3) is 0.571. The predicted octanol–water partition coefficient (Wildman–Crippen LogP) is 2.79. The van der Waals surface area contributed by atoms with Gasteiger partial charge in [0.15, 0.2) is 0 Å². The van der Waals surface area contributed by atoms with Crippen molar-refractivity contribution in [3.63, 3.8) is 0 Å². The van der Waals surface area contributed by atoms with E-state index >= 15 is 0 Å². The Bertz CT molecular complexity index is 458. The van der Waals surface area contributed by atoms with Crippen LogP contribution in [-0.4, -0.2) is 22.1 Å². The van der Waals surface area contributed by atoms with Gasteiger partial charge in [-0.05, 0) is 44.7 Å². The van der Waals surface area contributed by atoms with Gasteiger partial charge in [-0.3, -0.25) is 0 Å². The Morgan fingerprint density at radius 2 is 2.28 bits per heavy atom. The van der Waals surface area contributed by atoms with Crippen LogP contribution in [0.25, 0.3) is 0 Å². The van der Waals surface area contributed by atoms with Gasteiger partial charge in [0.2, 0.25) is 0 Å². The number of rotatable bonds is 3.